The Morgan fingerprint density at radius 3 is 2.56 bits per heavy atom. The SMILES string of the molecule is CCOc1c(N)ccc(C(C)=O)c1C(F)F. The number of hydrogen-bond donors (Lipinski definition) is 1. The Morgan fingerprint density at radius 1 is 1.50 bits per heavy atom. The molecule has 2 N–H and O–H groups in total. The number of nitrogens with two attached hydrogens (primary N) is 1. The third kappa shape index (κ3) is 2.29. The Hall–Kier alpha value is -1.65. The summed E-state index contributed by atoms with van der Waals surface area (Å²) in [7, 11) is 0. The molecule has 16 heavy (non-hydrogen) atoms. The number of alkyl halides is 2. The van der Waals surface area contributed by atoms with Crippen LogP contribution in [0.15, 0.2) is 12.1 Å². The number of Topliss-reactive ketones (excluding diaryl/α,β-unsaturated/α-hetero) is 1. The van der Waals surface area contributed by atoms with Crippen molar-refractivity contribution in [2.45, 2.75) is 20.3 Å². The Balaban J connectivity index is 3.43. The van der Waals surface area contributed by atoms with Gasteiger partial charge < -0.3 is 10.5 Å². The molecule has 0 unspecified atom stereocenters. The van der Waals surface area contributed by atoms with Crippen LogP contribution in [0.5, 0.6) is 5.75 Å². The standard InChI is InChI=1S/C11H13F2NO2/c1-3-16-10-8(14)5-4-7(6(2)15)9(10)11(12)13/h4-5,11H,3,14H2,1-2H3. The molecular weight excluding hydrogens is 216 g/mol. The van der Waals surface area contributed by atoms with Crippen molar-refractivity contribution < 1.29 is 18.3 Å². The predicted octanol–water partition coefficient (Wildman–Crippen LogP) is 2.81. The van der Waals surface area contributed by atoms with Crippen molar-refractivity contribution in [2.24, 2.45) is 0 Å². The molecule has 0 bridgehead atoms. The molecule has 0 saturated heterocycles. The van der Waals surface area contributed by atoms with Gasteiger partial charge in [-0.1, -0.05) is 0 Å². The predicted molar refractivity (Wildman–Crippen MR) is 57.0 cm³/mol. The lowest BCUT2D eigenvalue weighted by atomic mass is 10.0. The number of halogens is 2. The smallest absolute Gasteiger partial charge is 0.268 e. The van der Waals surface area contributed by atoms with Gasteiger partial charge in [-0.3, -0.25) is 4.79 Å². The highest BCUT2D eigenvalue weighted by atomic mass is 19.3. The van der Waals surface area contributed by atoms with E-state index in [1.165, 1.54) is 19.1 Å². The van der Waals surface area contributed by atoms with Gasteiger partial charge in [0.1, 0.15) is 0 Å². The van der Waals surface area contributed by atoms with Crippen LogP contribution in [-0.2, 0) is 0 Å². The number of hydrogen-bond acceptors (Lipinski definition) is 3. The van der Waals surface area contributed by atoms with E-state index in [9.17, 15) is 13.6 Å². The zero-order valence-corrected chi connectivity index (χ0v) is 9.09. The van der Waals surface area contributed by atoms with Crippen molar-refractivity contribution in [1.82, 2.24) is 0 Å². The number of ether oxygens (including phenoxy) is 1. The van der Waals surface area contributed by atoms with Gasteiger partial charge in [-0.2, -0.15) is 0 Å². The summed E-state index contributed by atoms with van der Waals surface area (Å²) in [6, 6.07) is 2.69. The highest BCUT2D eigenvalue weighted by Crippen LogP contribution is 2.37. The van der Waals surface area contributed by atoms with Gasteiger partial charge in [-0.05, 0) is 26.0 Å². The van der Waals surface area contributed by atoms with Crippen LogP contribution in [0.4, 0.5) is 14.5 Å². The molecule has 1 aromatic carbocycles. The van der Waals surface area contributed by atoms with Gasteiger partial charge in [0.15, 0.2) is 11.5 Å². The van der Waals surface area contributed by atoms with Crippen LogP contribution in [0.25, 0.3) is 0 Å². The minimum Gasteiger partial charge on any atom is -0.491 e. The second-order valence-corrected chi connectivity index (χ2v) is 3.24. The molecule has 0 saturated carbocycles. The summed E-state index contributed by atoms with van der Waals surface area (Å²) in [5, 5.41) is 0. The fourth-order valence-corrected chi connectivity index (χ4v) is 1.45. The molecule has 0 heterocycles. The van der Waals surface area contributed by atoms with Crippen molar-refractivity contribution in [3.8, 4) is 5.75 Å². The molecule has 0 aliphatic heterocycles. The van der Waals surface area contributed by atoms with Crippen molar-refractivity contribution in [3.63, 3.8) is 0 Å². The van der Waals surface area contributed by atoms with Gasteiger partial charge in [0, 0.05) is 5.56 Å². The number of carbonyl (C=O) groups is 1. The topological polar surface area (TPSA) is 52.3 Å². The van der Waals surface area contributed by atoms with Crippen molar-refractivity contribution in [1.29, 1.82) is 0 Å². The Kier molecular flexibility index (Phi) is 3.82. The molecule has 0 aliphatic rings. The maximum absolute atomic E-state index is 12.9. The minimum atomic E-state index is -2.79. The quantitative estimate of drug-likeness (QED) is 0.638. The van der Waals surface area contributed by atoms with Crippen LogP contribution >= 0.6 is 0 Å². The lowest BCUT2D eigenvalue weighted by molar-refractivity contribution is 0.0996. The summed E-state index contributed by atoms with van der Waals surface area (Å²) in [6.07, 6.45) is -2.79. The summed E-state index contributed by atoms with van der Waals surface area (Å²) in [5.74, 6) is -0.526. The van der Waals surface area contributed by atoms with E-state index in [-0.39, 0.29) is 23.6 Å². The molecule has 0 radical (unpaired) electrons. The molecule has 0 fully saturated rings. The number of carbonyl (C=O) groups excluding carboxylic acids is 1. The van der Waals surface area contributed by atoms with E-state index in [2.05, 4.69) is 0 Å². The lowest BCUT2D eigenvalue weighted by Gasteiger charge is -2.15. The number of ketones is 1. The third-order valence-corrected chi connectivity index (χ3v) is 2.11. The summed E-state index contributed by atoms with van der Waals surface area (Å²) >= 11 is 0. The molecule has 5 heteroatoms. The molecule has 1 aromatic rings. The van der Waals surface area contributed by atoms with E-state index in [4.69, 9.17) is 10.5 Å². The average molecular weight is 229 g/mol. The Bertz CT molecular complexity index is 405. The maximum Gasteiger partial charge on any atom is 0.268 e. The van der Waals surface area contributed by atoms with Crippen molar-refractivity contribution in [2.75, 3.05) is 12.3 Å². The van der Waals surface area contributed by atoms with E-state index >= 15 is 0 Å². The molecule has 0 spiro atoms. The number of nitrogen functional groups attached to an aromatic ring is 1. The lowest BCUT2D eigenvalue weighted by Crippen LogP contribution is -2.07. The highest BCUT2D eigenvalue weighted by Gasteiger charge is 2.23. The molecule has 88 valence electrons. The van der Waals surface area contributed by atoms with Crippen LogP contribution in [0.1, 0.15) is 36.2 Å². The van der Waals surface area contributed by atoms with Gasteiger partial charge in [0.2, 0.25) is 0 Å². The Labute approximate surface area is 92.2 Å². The van der Waals surface area contributed by atoms with Crippen LogP contribution in [-0.4, -0.2) is 12.4 Å². The Morgan fingerprint density at radius 2 is 2.12 bits per heavy atom. The zero-order chi connectivity index (χ0) is 12.3. The molecule has 0 amide bonds. The number of rotatable bonds is 4. The zero-order valence-electron chi connectivity index (χ0n) is 9.09. The van der Waals surface area contributed by atoms with Crippen LogP contribution in [0.3, 0.4) is 0 Å². The second-order valence-electron chi connectivity index (χ2n) is 3.24. The molecular formula is C11H13F2NO2. The molecule has 0 atom stereocenters. The third-order valence-electron chi connectivity index (χ3n) is 2.11. The van der Waals surface area contributed by atoms with Crippen LogP contribution in [0.2, 0.25) is 0 Å². The van der Waals surface area contributed by atoms with Crippen molar-refractivity contribution >= 4 is 11.5 Å². The largest absolute Gasteiger partial charge is 0.491 e. The number of anilines is 1. The van der Waals surface area contributed by atoms with Crippen LogP contribution < -0.4 is 10.5 Å². The first kappa shape index (κ1) is 12.4. The normalized spacial score (nSPS) is 10.6. The van der Waals surface area contributed by atoms with Gasteiger partial charge in [-0.15, -0.1) is 0 Å². The summed E-state index contributed by atoms with van der Waals surface area (Å²) in [4.78, 5) is 11.2. The van der Waals surface area contributed by atoms with E-state index in [1.54, 1.807) is 6.92 Å². The molecule has 3 nitrogen and oxygen atoms in total. The summed E-state index contributed by atoms with van der Waals surface area (Å²) in [6.45, 7) is 3.10. The fraction of sp³-hybridized carbons (Fsp3) is 0.364. The van der Waals surface area contributed by atoms with Crippen LogP contribution in [0, 0.1) is 0 Å². The maximum atomic E-state index is 12.9. The highest BCUT2D eigenvalue weighted by molar-refractivity contribution is 5.97. The van der Waals surface area contributed by atoms with Crippen molar-refractivity contribution in [3.05, 3.63) is 23.3 Å². The van der Waals surface area contributed by atoms with E-state index in [0.717, 1.165) is 0 Å². The van der Waals surface area contributed by atoms with Gasteiger partial charge >= 0.3 is 0 Å². The number of benzene rings is 1. The first-order valence-electron chi connectivity index (χ1n) is 4.83. The molecule has 1 rings (SSSR count). The van der Waals surface area contributed by atoms with Gasteiger partial charge in [0.05, 0.1) is 17.9 Å². The van der Waals surface area contributed by atoms with E-state index < -0.39 is 17.8 Å². The fourth-order valence-electron chi connectivity index (χ4n) is 1.45. The minimum absolute atomic E-state index is 0.0485. The molecule has 0 aromatic heterocycles. The van der Waals surface area contributed by atoms with E-state index in [1.807, 2.05) is 0 Å². The molecule has 0 aliphatic carbocycles. The average Bonchev–Trinajstić information content (AvgIpc) is 2.20. The summed E-state index contributed by atoms with van der Waals surface area (Å²) in [5.41, 5.74) is 5.19. The second kappa shape index (κ2) is 4.92. The van der Waals surface area contributed by atoms with Gasteiger partial charge in [0.25, 0.3) is 6.43 Å². The van der Waals surface area contributed by atoms with E-state index in [0.29, 0.717) is 0 Å². The first-order chi connectivity index (χ1) is 7.49. The monoisotopic (exact) mass is 229 g/mol. The first-order valence-corrected chi connectivity index (χ1v) is 4.83. The van der Waals surface area contributed by atoms with Gasteiger partial charge in [-0.25, -0.2) is 8.78 Å². The summed E-state index contributed by atoms with van der Waals surface area (Å²) < 4.78 is 30.8.